The average Bonchev–Trinajstić information content (AvgIpc) is 3.20. The van der Waals surface area contributed by atoms with Gasteiger partial charge in [-0.3, -0.25) is 4.98 Å². The molecule has 0 atom stereocenters. The van der Waals surface area contributed by atoms with Crippen LogP contribution in [0.3, 0.4) is 0 Å². The molecule has 30 heavy (non-hydrogen) atoms. The topological polar surface area (TPSA) is 72.1 Å². The zero-order chi connectivity index (χ0) is 20.7. The van der Waals surface area contributed by atoms with Crippen LogP contribution >= 0.6 is 0 Å². The van der Waals surface area contributed by atoms with Crippen molar-refractivity contribution in [1.29, 1.82) is 0 Å². The molecule has 0 amide bonds. The standard InChI is InChI=1S/C23H17FN2O3S/c24-18-4-1-16(2-5-18)23-19(15-7-9-25-10-8-15)14-20(26-23)17-3-6-22-21(13-17)29-11-12-30(22,27)28/h1-10,13-14,26H,11-12H2. The van der Waals surface area contributed by atoms with E-state index in [1.165, 1.54) is 12.1 Å². The number of aromatic nitrogens is 2. The van der Waals surface area contributed by atoms with Crippen LogP contribution in [-0.4, -0.2) is 30.7 Å². The lowest BCUT2D eigenvalue weighted by Gasteiger charge is -2.18. The number of nitrogens with one attached hydrogen (secondary N) is 1. The number of benzene rings is 2. The summed E-state index contributed by atoms with van der Waals surface area (Å²) in [6.45, 7) is 0.145. The van der Waals surface area contributed by atoms with Crippen molar-refractivity contribution in [1.82, 2.24) is 9.97 Å². The zero-order valence-corrected chi connectivity index (χ0v) is 16.6. The quantitative estimate of drug-likeness (QED) is 0.521. The van der Waals surface area contributed by atoms with E-state index in [0.717, 1.165) is 33.6 Å². The van der Waals surface area contributed by atoms with E-state index >= 15 is 0 Å². The Bertz CT molecular complexity index is 1330. The fourth-order valence-electron chi connectivity index (χ4n) is 3.63. The molecule has 150 valence electrons. The van der Waals surface area contributed by atoms with Crippen molar-refractivity contribution in [3.05, 3.63) is 78.9 Å². The van der Waals surface area contributed by atoms with Crippen molar-refractivity contribution in [2.75, 3.05) is 12.4 Å². The second-order valence-electron chi connectivity index (χ2n) is 7.04. The maximum atomic E-state index is 13.4. The summed E-state index contributed by atoms with van der Waals surface area (Å²) in [4.78, 5) is 7.71. The minimum Gasteiger partial charge on any atom is -0.491 e. The summed E-state index contributed by atoms with van der Waals surface area (Å²) in [5, 5.41) is 0. The maximum Gasteiger partial charge on any atom is 0.185 e. The van der Waals surface area contributed by atoms with Crippen LogP contribution in [0.1, 0.15) is 0 Å². The number of hydrogen-bond donors (Lipinski definition) is 1. The minimum atomic E-state index is -3.31. The highest BCUT2D eigenvalue weighted by Gasteiger charge is 2.25. The normalized spacial score (nSPS) is 14.7. The third-order valence-corrected chi connectivity index (χ3v) is 6.85. The van der Waals surface area contributed by atoms with Gasteiger partial charge in [0.25, 0.3) is 0 Å². The van der Waals surface area contributed by atoms with E-state index in [1.807, 2.05) is 18.2 Å². The number of nitrogens with zero attached hydrogens (tertiary/aromatic N) is 1. The van der Waals surface area contributed by atoms with Crippen molar-refractivity contribution in [2.45, 2.75) is 4.90 Å². The highest BCUT2D eigenvalue weighted by molar-refractivity contribution is 7.91. The molecular weight excluding hydrogens is 403 g/mol. The van der Waals surface area contributed by atoms with Crippen molar-refractivity contribution in [3.63, 3.8) is 0 Å². The largest absolute Gasteiger partial charge is 0.491 e. The van der Waals surface area contributed by atoms with Crippen molar-refractivity contribution >= 4 is 9.84 Å². The molecule has 0 radical (unpaired) electrons. The monoisotopic (exact) mass is 420 g/mol. The van der Waals surface area contributed by atoms with Crippen molar-refractivity contribution in [3.8, 4) is 39.4 Å². The van der Waals surface area contributed by atoms with Crippen LogP contribution in [0.5, 0.6) is 5.75 Å². The van der Waals surface area contributed by atoms with E-state index in [4.69, 9.17) is 4.74 Å². The van der Waals surface area contributed by atoms with Crippen LogP contribution in [-0.2, 0) is 9.84 Å². The molecule has 2 aromatic heterocycles. The van der Waals surface area contributed by atoms with Crippen LogP contribution in [0.2, 0.25) is 0 Å². The molecular formula is C23H17FN2O3S. The number of fused-ring (bicyclic) bond motifs is 1. The van der Waals surface area contributed by atoms with Crippen molar-refractivity contribution in [2.24, 2.45) is 0 Å². The highest BCUT2D eigenvalue weighted by atomic mass is 32.2. The van der Waals surface area contributed by atoms with Gasteiger partial charge in [-0.2, -0.15) is 0 Å². The molecule has 2 aromatic carbocycles. The SMILES string of the molecule is O=S1(=O)CCOc2cc(-c3cc(-c4ccncc4)c(-c4ccc(F)cc4)[nH]3)ccc21. The Hall–Kier alpha value is -3.45. The van der Waals surface area contributed by atoms with E-state index in [0.29, 0.717) is 5.75 Å². The second kappa shape index (κ2) is 7.11. The van der Waals surface area contributed by atoms with E-state index in [1.54, 1.807) is 42.7 Å². The first-order chi connectivity index (χ1) is 14.5. The van der Waals surface area contributed by atoms with Crippen LogP contribution in [0.25, 0.3) is 33.6 Å². The number of sulfone groups is 1. The molecule has 0 bridgehead atoms. The van der Waals surface area contributed by atoms with Gasteiger partial charge in [0.1, 0.15) is 23.1 Å². The summed E-state index contributed by atoms with van der Waals surface area (Å²) >= 11 is 0. The maximum absolute atomic E-state index is 13.4. The molecule has 3 heterocycles. The van der Waals surface area contributed by atoms with Gasteiger partial charge in [0.05, 0.1) is 11.4 Å². The molecule has 4 aromatic rings. The lowest BCUT2D eigenvalue weighted by atomic mass is 10.0. The Morgan fingerprint density at radius 2 is 1.63 bits per heavy atom. The minimum absolute atomic E-state index is 0.0112. The van der Waals surface area contributed by atoms with E-state index in [-0.39, 0.29) is 23.1 Å². The molecule has 0 saturated heterocycles. The van der Waals surface area contributed by atoms with Gasteiger partial charge in [-0.15, -0.1) is 0 Å². The Morgan fingerprint density at radius 1 is 0.900 bits per heavy atom. The zero-order valence-electron chi connectivity index (χ0n) is 15.8. The fourth-order valence-corrected chi connectivity index (χ4v) is 4.85. The molecule has 7 heteroatoms. The van der Waals surface area contributed by atoms with Gasteiger partial charge in [-0.05, 0) is 65.7 Å². The molecule has 5 nitrogen and oxygen atoms in total. The third kappa shape index (κ3) is 3.27. The lowest BCUT2D eigenvalue weighted by molar-refractivity contribution is 0.323. The number of pyridine rings is 1. The summed E-state index contributed by atoms with van der Waals surface area (Å²) in [7, 11) is -3.31. The number of halogens is 1. The number of H-pyrrole nitrogens is 1. The molecule has 0 aliphatic carbocycles. The number of hydrogen-bond acceptors (Lipinski definition) is 4. The Morgan fingerprint density at radius 3 is 2.40 bits per heavy atom. The molecule has 1 aliphatic heterocycles. The van der Waals surface area contributed by atoms with Gasteiger partial charge in [0, 0.05) is 29.2 Å². The number of rotatable bonds is 3. The molecule has 1 N–H and O–H groups in total. The number of aromatic amines is 1. The highest BCUT2D eigenvalue weighted by Crippen LogP contribution is 2.38. The first-order valence-electron chi connectivity index (χ1n) is 9.41. The fraction of sp³-hybridized carbons (Fsp3) is 0.0870. The average molecular weight is 420 g/mol. The van der Waals surface area contributed by atoms with Crippen LogP contribution in [0.4, 0.5) is 4.39 Å². The molecule has 0 spiro atoms. The molecule has 0 saturated carbocycles. The van der Waals surface area contributed by atoms with E-state index < -0.39 is 9.84 Å². The second-order valence-corrected chi connectivity index (χ2v) is 9.12. The Kier molecular flexibility index (Phi) is 4.40. The van der Waals surface area contributed by atoms with E-state index in [9.17, 15) is 12.8 Å². The lowest BCUT2D eigenvalue weighted by Crippen LogP contribution is -2.20. The van der Waals surface area contributed by atoms with Gasteiger partial charge in [0.15, 0.2) is 9.84 Å². The van der Waals surface area contributed by atoms with Crippen molar-refractivity contribution < 1.29 is 17.5 Å². The predicted octanol–water partition coefficient (Wildman–Crippen LogP) is 4.72. The van der Waals surface area contributed by atoms with Gasteiger partial charge in [-0.1, -0.05) is 6.07 Å². The van der Waals surface area contributed by atoms with Crippen LogP contribution in [0.15, 0.2) is 78.0 Å². The molecule has 5 rings (SSSR count). The Balaban J connectivity index is 1.66. The third-order valence-electron chi connectivity index (χ3n) is 5.14. The van der Waals surface area contributed by atoms with Gasteiger partial charge >= 0.3 is 0 Å². The summed E-state index contributed by atoms with van der Waals surface area (Å²) in [6.07, 6.45) is 3.43. The van der Waals surface area contributed by atoms with Gasteiger partial charge in [0.2, 0.25) is 0 Å². The van der Waals surface area contributed by atoms with Crippen LogP contribution < -0.4 is 4.74 Å². The summed E-state index contributed by atoms with van der Waals surface area (Å²) < 4.78 is 43.5. The first-order valence-corrected chi connectivity index (χ1v) is 11.1. The Labute approximate surface area is 173 Å². The predicted molar refractivity (Wildman–Crippen MR) is 112 cm³/mol. The first kappa shape index (κ1) is 18.6. The molecule has 1 aliphatic rings. The van der Waals surface area contributed by atoms with Crippen LogP contribution in [0, 0.1) is 5.82 Å². The number of ether oxygens (including phenoxy) is 1. The smallest absolute Gasteiger partial charge is 0.185 e. The molecule has 0 unspecified atom stereocenters. The summed E-state index contributed by atoms with van der Waals surface area (Å²) in [5.41, 5.74) is 5.17. The summed E-state index contributed by atoms with van der Waals surface area (Å²) in [5.74, 6) is 0.0501. The summed E-state index contributed by atoms with van der Waals surface area (Å²) in [6, 6.07) is 17.2. The van der Waals surface area contributed by atoms with E-state index in [2.05, 4.69) is 9.97 Å². The molecule has 0 fully saturated rings. The van der Waals surface area contributed by atoms with Gasteiger partial charge in [-0.25, -0.2) is 12.8 Å². The van der Waals surface area contributed by atoms with Gasteiger partial charge < -0.3 is 9.72 Å².